The Labute approximate surface area is 228 Å². The number of carbonyl (C=O) groups excluding carboxylic acids is 2. The Hall–Kier alpha value is -4.46. The van der Waals surface area contributed by atoms with Crippen molar-refractivity contribution in [2.75, 3.05) is 18.1 Å². The number of ketones is 1. The fourth-order valence-corrected chi connectivity index (χ4v) is 4.61. The fraction of sp³-hybridized carbons (Fsp3) is 0.290. The first-order valence-electron chi connectivity index (χ1n) is 12.9. The number of benzene rings is 3. The van der Waals surface area contributed by atoms with Crippen molar-refractivity contribution in [3.63, 3.8) is 0 Å². The number of amides is 1. The third kappa shape index (κ3) is 5.55. The van der Waals surface area contributed by atoms with Crippen LogP contribution in [0.4, 0.5) is 5.69 Å². The molecular formula is C31H33NO7. The highest BCUT2D eigenvalue weighted by molar-refractivity contribution is 6.51. The van der Waals surface area contributed by atoms with Gasteiger partial charge in [0.05, 0.1) is 30.9 Å². The van der Waals surface area contributed by atoms with Gasteiger partial charge < -0.3 is 24.4 Å². The minimum absolute atomic E-state index is 0.0324. The summed E-state index contributed by atoms with van der Waals surface area (Å²) in [5, 5.41) is 21.8. The molecule has 0 radical (unpaired) electrons. The predicted octanol–water partition coefficient (Wildman–Crippen LogP) is 5.91. The Morgan fingerprint density at radius 2 is 1.69 bits per heavy atom. The van der Waals surface area contributed by atoms with Crippen molar-refractivity contribution in [1.82, 2.24) is 0 Å². The van der Waals surface area contributed by atoms with Gasteiger partial charge in [0.2, 0.25) is 0 Å². The summed E-state index contributed by atoms with van der Waals surface area (Å²) in [6.45, 7) is 10.1. The average Bonchev–Trinajstić information content (AvgIpc) is 3.16. The van der Waals surface area contributed by atoms with E-state index in [4.69, 9.17) is 14.2 Å². The zero-order valence-corrected chi connectivity index (χ0v) is 22.7. The maximum atomic E-state index is 13.5. The van der Waals surface area contributed by atoms with E-state index in [9.17, 15) is 19.8 Å². The van der Waals surface area contributed by atoms with E-state index in [-0.39, 0.29) is 28.9 Å². The van der Waals surface area contributed by atoms with Gasteiger partial charge in [-0.2, -0.15) is 0 Å². The molecule has 1 unspecified atom stereocenters. The highest BCUT2D eigenvalue weighted by Crippen LogP contribution is 2.44. The molecule has 0 saturated carbocycles. The summed E-state index contributed by atoms with van der Waals surface area (Å²) in [7, 11) is 0. The standard InChI is InChI=1S/C31H33NO7/c1-6-37-23-10-8-9-22(17-23)32-28(20-11-13-24(33)26(16-20)38-7-2)27(30(35)31(32)36)29(34)21-12-14-25(19(5)15-21)39-18(3)4/h8-18,28,33-34H,6-7H2,1-5H3/b29-27-. The molecule has 0 aromatic heterocycles. The first-order valence-corrected chi connectivity index (χ1v) is 12.9. The van der Waals surface area contributed by atoms with Crippen LogP contribution in [0.3, 0.4) is 0 Å². The van der Waals surface area contributed by atoms with E-state index in [0.29, 0.717) is 41.5 Å². The number of aliphatic hydroxyl groups is 1. The van der Waals surface area contributed by atoms with E-state index in [2.05, 4.69) is 0 Å². The van der Waals surface area contributed by atoms with E-state index in [1.807, 2.05) is 27.7 Å². The van der Waals surface area contributed by atoms with Gasteiger partial charge in [-0.05, 0) is 88.2 Å². The number of nitrogens with zero attached hydrogens (tertiary/aromatic N) is 1. The van der Waals surface area contributed by atoms with Crippen LogP contribution >= 0.6 is 0 Å². The molecule has 1 amide bonds. The van der Waals surface area contributed by atoms with Crippen LogP contribution in [0, 0.1) is 6.92 Å². The van der Waals surface area contributed by atoms with Crippen LogP contribution in [0.2, 0.25) is 0 Å². The van der Waals surface area contributed by atoms with Gasteiger partial charge >= 0.3 is 0 Å². The number of aromatic hydroxyl groups is 1. The largest absolute Gasteiger partial charge is 0.507 e. The van der Waals surface area contributed by atoms with Gasteiger partial charge in [0.25, 0.3) is 11.7 Å². The molecule has 8 heteroatoms. The van der Waals surface area contributed by atoms with Gasteiger partial charge in [-0.25, -0.2) is 0 Å². The number of phenols is 1. The Morgan fingerprint density at radius 3 is 2.36 bits per heavy atom. The molecule has 1 aliphatic heterocycles. The van der Waals surface area contributed by atoms with Gasteiger partial charge in [-0.1, -0.05) is 12.1 Å². The van der Waals surface area contributed by atoms with Crippen LogP contribution in [0.5, 0.6) is 23.0 Å². The fourth-order valence-electron chi connectivity index (χ4n) is 4.61. The molecule has 4 rings (SSSR count). The van der Waals surface area contributed by atoms with Gasteiger partial charge in [-0.3, -0.25) is 14.5 Å². The van der Waals surface area contributed by atoms with E-state index >= 15 is 0 Å². The molecule has 1 aliphatic rings. The van der Waals surface area contributed by atoms with Gasteiger partial charge in [-0.15, -0.1) is 0 Å². The summed E-state index contributed by atoms with van der Waals surface area (Å²) in [5.74, 6) is -0.615. The topological polar surface area (TPSA) is 106 Å². The van der Waals surface area contributed by atoms with E-state index in [0.717, 1.165) is 5.56 Å². The van der Waals surface area contributed by atoms with Crippen LogP contribution in [-0.2, 0) is 9.59 Å². The van der Waals surface area contributed by atoms with Crippen LogP contribution in [0.25, 0.3) is 5.76 Å². The second kappa shape index (κ2) is 11.5. The molecular weight excluding hydrogens is 498 g/mol. The van der Waals surface area contributed by atoms with Crippen molar-refractivity contribution in [2.45, 2.75) is 46.8 Å². The third-order valence-corrected chi connectivity index (χ3v) is 6.26. The lowest BCUT2D eigenvalue weighted by molar-refractivity contribution is -0.132. The molecule has 1 fully saturated rings. The van der Waals surface area contributed by atoms with Gasteiger partial charge in [0.15, 0.2) is 11.5 Å². The minimum atomic E-state index is -0.992. The molecule has 1 saturated heterocycles. The zero-order valence-electron chi connectivity index (χ0n) is 22.7. The maximum Gasteiger partial charge on any atom is 0.300 e. The molecule has 3 aromatic carbocycles. The number of hydrogen-bond donors (Lipinski definition) is 2. The molecule has 2 N–H and O–H groups in total. The second-order valence-electron chi connectivity index (χ2n) is 9.41. The molecule has 3 aromatic rings. The molecule has 1 heterocycles. The average molecular weight is 532 g/mol. The maximum absolute atomic E-state index is 13.5. The Kier molecular flexibility index (Phi) is 8.14. The Bertz CT molecular complexity index is 1430. The highest BCUT2D eigenvalue weighted by Gasteiger charge is 2.47. The number of phenolic OH excluding ortho intramolecular Hbond substituents is 1. The number of carbonyl (C=O) groups is 2. The number of aryl methyl sites for hydroxylation is 1. The van der Waals surface area contributed by atoms with E-state index in [1.165, 1.54) is 11.0 Å². The molecule has 204 valence electrons. The molecule has 8 nitrogen and oxygen atoms in total. The Morgan fingerprint density at radius 1 is 0.949 bits per heavy atom. The first-order chi connectivity index (χ1) is 18.7. The van der Waals surface area contributed by atoms with Crippen molar-refractivity contribution in [3.05, 3.63) is 82.9 Å². The third-order valence-electron chi connectivity index (χ3n) is 6.26. The van der Waals surface area contributed by atoms with E-state index in [1.54, 1.807) is 61.5 Å². The summed E-state index contributed by atoms with van der Waals surface area (Å²) in [6.07, 6.45) is -0.0324. The van der Waals surface area contributed by atoms with Crippen LogP contribution < -0.4 is 19.1 Å². The summed E-state index contributed by atoms with van der Waals surface area (Å²) in [5.41, 5.74) is 1.97. The quantitative estimate of drug-likeness (QED) is 0.201. The Balaban J connectivity index is 1.92. The molecule has 0 aliphatic carbocycles. The summed E-state index contributed by atoms with van der Waals surface area (Å²) in [6, 6.07) is 15.6. The number of Topliss-reactive ketones (excluding diaryl/α,β-unsaturated/α-hetero) is 1. The lowest BCUT2D eigenvalue weighted by Gasteiger charge is -2.26. The van der Waals surface area contributed by atoms with Crippen molar-refractivity contribution in [1.29, 1.82) is 0 Å². The number of rotatable bonds is 9. The molecule has 0 bridgehead atoms. The smallest absolute Gasteiger partial charge is 0.300 e. The van der Waals surface area contributed by atoms with Gasteiger partial charge in [0, 0.05) is 17.3 Å². The first kappa shape index (κ1) is 27.6. The SMILES string of the molecule is CCOc1cccc(N2C(=O)C(=O)/C(=C(\O)c3ccc(OC(C)C)c(C)c3)C2c2ccc(O)c(OCC)c2)c1. The zero-order chi connectivity index (χ0) is 28.3. The van der Waals surface area contributed by atoms with Gasteiger partial charge in [0.1, 0.15) is 17.3 Å². The van der Waals surface area contributed by atoms with Crippen molar-refractivity contribution < 1.29 is 34.0 Å². The second-order valence-corrected chi connectivity index (χ2v) is 9.41. The lowest BCUT2D eigenvalue weighted by atomic mass is 9.94. The van der Waals surface area contributed by atoms with E-state index < -0.39 is 17.7 Å². The molecule has 39 heavy (non-hydrogen) atoms. The van der Waals surface area contributed by atoms with Crippen molar-refractivity contribution in [3.8, 4) is 23.0 Å². The number of aliphatic hydroxyl groups excluding tert-OH is 1. The highest BCUT2D eigenvalue weighted by atomic mass is 16.5. The van der Waals surface area contributed by atoms with Crippen molar-refractivity contribution in [2.24, 2.45) is 0 Å². The normalized spacial score (nSPS) is 16.6. The molecule has 0 spiro atoms. The summed E-state index contributed by atoms with van der Waals surface area (Å²) < 4.78 is 17.0. The van der Waals surface area contributed by atoms with Crippen molar-refractivity contribution >= 4 is 23.1 Å². The predicted molar refractivity (Wildman–Crippen MR) is 149 cm³/mol. The van der Waals surface area contributed by atoms with Crippen LogP contribution in [0.1, 0.15) is 50.4 Å². The minimum Gasteiger partial charge on any atom is -0.507 e. The number of hydrogen-bond acceptors (Lipinski definition) is 7. The number of anilines is 1. The summed E-state index contributed by atoms with van der Waals surface area (Å²) in [4.78, 5) is 28.4. The summed E-state index contributed by atoms with van der Waals surface area (Å²) >= 11 is 0. The van der Waals surface area contributed by atoms with Crippen LogP contribution in [-0.4, -0.2) is 41.2 Å². The van der Waals surface area contributed by atoms with Crippen LogP contribution in [0.15, 0.2) is 66.2 Å². The number of ether oxygens (including phenoxy) is 3. The monoisotopic (exact) mass is 531 g/mol. The lowest BCUT2D eigenvalue weighted by Crippen LogP contribution is -2.29. The molecule has 1 atom stereocenters.